The van der Waals surface area contributed by atoms with Crippen molar-refractivity contribution in [1.29, 1.82) is 0 Å². The molecule has 0 aromatic carbocycles. The van der Waals surface area contributed by atoms with Crippen molar-refractivity contribution in [1.82, 2.24) is 5.32 Å². The van der Waals surface area contributed by atoms with E-state index in [1.807, 2.05) is 0 Å². The van der Waals surface area contributed by atoms with Crippen molar-refractivity contribution >= 4 is 18.4 Å². The summed E-state index contributed by atoms with van der Waals surface area (Å²) < 4.78 is 4.75. The molecule has 1 unspecified atom stereocenters. The van der Waals surface area contributed by atoms with Crippen LogP contribution in [0.5, 0.6) is 0 Å². The van der Waals surface area contributed by atoms with Crippen LogP contribution < -0.4 is 5.32 Å². The molecule has 13 heavy (non-hydrogen) atoms. The number of rotatable bonds is 1. The zero-order chi connectivity index (χ0) is 9.19. The van der Waals surface area contributed by atoms with Crippen LogP contribution in [0.2, 0.25) is 0 Å². The molecule has 3 nitrogen and oxygen atoms in total. The number of methoxy groups -OCH3 is 1. The molecule has 1 fully saturated rings. The van der Waals surface area contributed by atoms with Crippen molar-refractivity contribution in [2.24, 2.45) is 11.3 Å². The Balaban J connectivity index is 0.00000144. The van der Waals surface area contributed by atoms with Crippen molar-refractivity contribution in [2.75, 3.05) is 20.2 Å². The Labute approximate surface area is 85.6 Å². The summed E-state index contributed by atoms with van der Waals surface area (Å²) in [5.41, 5.74) is 0.0817. The number of ether oxygens (including phenoxy) is 1. The minimum Gasteiger partial charge on any atom is -0.469 e. The SMILES string of the molecule is COC(=O)C1CNCCC1(C)C.Cl. The van der Waals surface area contributed by atoms with E-state index in [2.05, 4.69) is 19.2 Å². The molecule has 0 aliphatic carbocycles. The summed E-state index contributed by atoms with van der Waals surface area (Å²) in [6.45, 7) is 5.99. The molecule has 0 aromatic heterocycles. The predicted octanol–water partition coefficient (Wildman–Crippen LogP) is 1.22. The lowest BCUT2D eigenvalue weighted by molar-refractivity contribution is -0.150. The molecule has 0 amide bonds. The Bertz CT molecular complexity index is 182. The number of hydrogen-bond donors (Lipinski definition) is 1. The van der Waals surface area contributed by atoms with Crippen LogP contribution in [0.3, 0.4) is 0 Å². The molecule has 78 valence electrons. The Hall–Kier alpha value is -0.280. The Morgan fingerprint density at radius 1 is 1.54 bits per heavy atom. The van der Waals surface area contributed by atoms with Gasteiger partial charge in [0.25, 0.3) is 0 Å². The molecule has 1 atom stereocenters. The van der Waals surface area contributed by atoms with Gasteiger partial charge in [0.2, 0.25) is 0 Å². The molecule has 1 aliphatic heterocycles. The van der Waals surface area contributed by atoms with Crippen molar-refractivity contribution in [2.45, 2.75) is 20.3 Å². The van der Waals surface area contributed by atoms with Crippen LogP contribution in [0.1, 0.15) is 20.3 Å². The third kappa shape index (κ3) is 2.85. The third-order valence-electron chi connectivity index (χ3n) is 2.72. The highest BCUT2D eigenvalue weighted by atomic mass is 35.5. The lowest BCUT2D eigenvalue weighted by Gasteiger charge is -2.36. The highest BCUT2D eigenvalue weighted by molar-refractivity contribution is 5.85. The van der Waals surface area contributed by atoms with Gasteiger partial charge in [0, 0.05) is 6.54 Å². The van der Waals surface area contributed by atoms with Crippen molar-refractivity contribution in [3.05, 3.63) is 0 Å². The van der Waals surface area contributed by atoms with Gasteiger partial charge < -0.3 is 10.1 Å². The summed E-state index contributed by atoms with van der Waals surface area (Å²) in [5.74, 6) is -0.0801. The fraction of sp³-hybridized carbons (Fsp3) is 0.889. The van der Waals surface area contributed by atoms with E-state index in [-0.39, 0.29) is 29.7 Å². The number of piperidine rings is 1. The first kappa shape index (κ1) is 12.7. The molecule has 1 heterocycles. The van der Waals surface area contributed by atoms with Crippen LogP contribution in [0.25, 0.3) is 0 Å². The van der Waals surface area contributed by atoms with E-state index in [1.165, 1.54) is 7.11 Å². The number of halogens is 1. The molecule has 0 bridgehead atoms. The van der Waals surface area contributed by atoms with Crippen LogP contribution in [0.15, 0.2) is 0 Å². The topological polar surface area (TPSA) is 38.3 Å². The summed E-state index contributed by atoms with van der Waals surface area (Å²) in [6.07, 6.45) is 1.03. The van der Waals surface area contributed by atoms with Crippen molar-refractivity contribution in [3.63, 3.8) is 0 Å². The van der Waals surface area contributed by atoms with E-state index >= 15 is 0 Å². The number of hydrogen-bond acceptors (Lipinski definition) is 3. The largest absolute Gasteiger partial charge is 0.469 e. The van der Waals surface area contributed by atoms with Gasteiger partial charge in [-0.2, -0.15) is 0 Å². The average molecular weight is 208 g/mol. The van der Waals surface area contributed by atoms with E-state index in [1.54, 1.807) is 0 Å². The maximum Gasteiger partial charge on any atom is 0.310 e. The molecule has 1 aliphatic rings. The number of carbonyl (C=O) groups is 1. The second-order valence-corrected chi connectivity index (χ2v) is 4.02. The second kappa shape index (κ2) is 4.82. The van der Waals surface area contributed by atoms with Gasteiger partial charge in [-0.1, -0.05) is 13.8 Å². The van der Waals surface area contributed by atoms with Gasteiger partial charge in [-0.25, -0.2) is 0 Å². The number of carbonyl (C=O) groups excluding carboxylic acids is 1. The Kier molecular flexibility index (Phi) is 4.71. The molecule has 1 N–H and O–H groups in total. The van der Waals surface area contributed by atoms with Gasteiger partial charge in [0.1, 0.15) is 0 Å². The summed E-state index contributed by atoms with van der Waals surface area (Å²) in [5, 5.41) is 3.20. The highest BCUT2D eigenvalue weighted by Gasteiger charge is 2.37. The van der Waals surface area contributed by atoms with Crippen LogP contribution in [0.4, 0.5) is 0 Å². The van der Waals surface area contributed by atoms with Gasteiger partial charge in [-0.05, 0) is 18.4 Å². The standard InChI is InChI=1S/C9H17NO2.ClH/c1-9(2)4-5-10-6-7(9)8(11)12-3;/h7,10H,4-6H2,1-3H3;1H. The minimum atomic E-state index is -0.0906. The number of nitrogens with one attached hydrogen (secondary N) is 1. The Morgan fingerprint density at radius 2 is 2.15 bits per heavy atom. The first-order valence-electron chi connectivity index (χ1n) is 4.36. The quantitative estimate of drug-likeness (QED) is 0.658. The van der Waals surface area contributed by atoms with Crippen LogP contribution >= 0.6 is 12.4 Å². The summed E-state index contributed by atoms with van der Waals surface area (Å²) in [6, 6.07) is 0. The maximum atomic E-state index is 11.3. The van der Waals surface area contributed by atoms with Crippen molar-refractivity contribution < 1.29 is 9.53 Å². The number of esters is 1. The fourth-order valence-corrected chi connectivity index (χ4v) is 1.65. The molecule has 4 heteroatoms. The van der Waals surface area contributed by atoms with E-state index in [0.29, 0.717) is 0 Å². The average Bonchev–Trinajstić information content (AvgIpc) is 2.02. The first-order valence-corrected chi connectivity index (χ1v) is 4.36. The lowest BCUT2D eigenvalue weighted by Crippen LogP contribution is -2.46. The van der Waals surface area contributed by atoms with Gasteiger partial charge in [0.15, 0.2) is 0 Å². The van der Waals surface area contributed by atoms with E-state index in [9.17, 15) is 4.79 Å². The van der Waals surface area contributed by atoms with E-state index in [0.717, 1.165) is 19.5 Å². The second-order valence-electron chi connectivity index (χ2n) is 4.02. The summed E-state index contributed by atoms with van der Waals surface area (Å²) in [7, 11) is 1.45. The van der Waals surface area contributed by atoms with Gasteiger partial charge in [-0.3, -0.25) is 4.79 Å². The summed E-state index contributed by atoms with van der Waals surface area (Å²) >= 11 is 0. The van der Waals surface area contributed by atoms with Gasteiger partial charge >= 0.3 is 5.97 Å². The zero-order valence-corrected chi connectivity index (χ0v) is 9.24. The zero-order valence-electron chi connectivity index (χ0n) is 8.42. The van der Waals surface area contributed by atoms with Crippen LogP contribution in [-0.4, -0.2) is 26.2 Å². The normalized spacial score (nSPS) is 25.9. The third-order valence-corrected chi connectivity index (χ3v) is 2.72. The molecule has 1 saturated heterocycles. The molecule has 0 aromatic rings. The lowest BCUT2D eigenvalue weighted by atomic mass is 9.74. The maximum absolute atomic E-state index is 11.3. The molecule has 0 radical (unpaired) electrons. The predicted molar refractivity (Wildman–Crippen MR) is 54.0 cm³/mol. The minimum absolute atomic E-state index is 0. The fourth-order valence-electron chi connectivity index (χ4n) is 1.65. The van der Waals surface area contributed by atoms with E-state index < -0.39 is 0 Å². The van der Waals surface area contributed by atoms with Crippen LogP contribution in [-0.2, 0) is 9.53 Å². The van der Waals surface area contributed by atoms with Gasteiger partial charge in [0.05, 0.1) is 13.0 Å². The Morgan fingerprint density at radius 3 is 2.62 bits per heavy atom. The smallest absolute Gasteiger partial charge is 0.310 e. The molecule has 0 saturated carbocycles. The highest BCUT2D eigenvalue weighted by Crippen LogP contribution is 2.33. The van der Waals surface area contributed by atoms with Crippen molar-refractivity contribution in [3.8, 4) is 0 Å². The molecule has 0 spiro atoms. The molecule has 1 rings (SSSR count). The van der Waals surface area contributed by atoms with E-state index in [4.69, 9.17) is 4.74 Å². The first-order chi connectivity index (χ1) is 5.58. The summed E-state index contributed by atoms with van der Waals surface area (Å²) in [4.78, 5) is 11.3. The van der Waals surface area contributed by atoms with Crippen LogP contribution in [0, 0.1) is 11.3 Å². The molecular weight excluding hydrogens is 190 g/mol. The molecular formula is C9H18ClNO2. The van der Waals surface area contributed by atoms with Gasteiger partial charge in [-0.15, -0.1) is 12.4 Å². The monoisotopic (exact) mass is 207 g/mol.